The summed E-state index contributed by atoms with van der Waals surface area (Å²) in [6.45, 7) is 2.38. The molecule has 1 aromatic carbocycles. The van der Waals surface area contributed by atoms with Crippen molar-refractivity contribution < 1.29 is 0 Å². The Hall–Kier alpha value is -1.41. The highest BCUT2D eigenvalue weighted by Crippen LogP contribution is 2.38. The van der Waals surface area contributed by atoms with Gasteiger partial charge in [-0.15, -0.1) is 0 Å². The van der Waals surface area contributed by atoms with E-state index in [0.717, 1.165) is 17.4 Å². The highest BCUT2D eigenvalue weighted by Gasteiger charge is 2.27. The maximum absolute atomic E-state index is 4.49. The standard InChI is InChI=1S/C18H24N2/c1-13-8-10-14(11-9-13)18(19-2)16-5-3-7-17-15(16)6-4-12-20-17/h3-7,12-14,18-19H,8-11H2,1-2H3. The van der Waals surface area contributed by atoms with Gasteiger partial charge in [-0.3, -0.25) is 4.98 Å². The van der Waals surface area contributed by atoms with Gasteiger partial charge in [-0.25, -0.2) is 0 Å². The predicted octanol–water partition coefficient (Wildman–Crippen LogP) is 4.32. The van der Waals surface area contributed by atoms with E-state index in [9.17, 15) is 0 Å². The second kappa shape index (κ2) is 5.92. The number of rotatable bonds is 3. The molecule has 1 fully saturated rings. The Balaban J connectivity index is 1.95. The van der Waals surface area contributed by atoms with Crippen molar-refractivity contribution in [3.05, 3.63) is 42.1 Å². The van der Waals surface area contributed by atoms with E-state index in [1.165, 1.54) is 36.6 Å². The summed E-state index contributed by atoms with van der Waals surface area (Å²) in [6.07, 6.45) is 7.28. The van der Waals surface area contributed by atoms with E-state index < -0.39 is 0 Å². The molecule has 0 bridgehead atoms. The number of nitrogens with one attached hydrogen (secondary N) is 1. The topological polar surface area (TPSA) is 24.9 Å². The Bertz CT molecular complexity index is 565. The molecule has 0 amide bonds. The smallest absolute Gasteiger partial charge is 0.0705 e. The van der Waals surface area contributed by atoms with Crippen molar-refractivity contribution in [2.24, 2.45) is 11.8 Å². The maximum atomic E-state index is 4.49. The van der Waals surface area contributed by atoms with Crippen molar-refractivity contribution >= 4 is 10.9 Å². The first-order valence-corrected chi connectivity index (χ1v) is 7.80. The monoisotopic (exact) mass is 268 g/mol. The van der Waals surface area contributed by atoms with Gasteiger partial charge in [0.15, 0.2) is 0 Å². The number of hydrogen-bond acceptors (Lipinski definition) is 2. The molecule has 106 valence electrons. The van der Waals surface area contributed by atoms with E-state index >= 15 is 0 Å². The third-order valence-corrected chi connectivity index (χ3v) is 4.86. The van der Waals surface area contributed by atoms with E-state index in [2.05, 4.69) is 48.5 Å². The van der Waals surface area contributed by atoms with Crippen molar-refractivity contribution in [3.8, 4) is 0 Å². The van der Waals surface area contributed by atoms with Crippen LogP contribution in [0.3, 0.4) is 0 Å². The Labute approximate surface area is 121 Å². The van der Waals surface area contributed by atoms with E-state index in [-0.39, 0.29) is 0 Å². The summed E-state index contributed by atoms with van der Waals surface area (Å²) < 4.78 is 0. The van der Waals surface area contributed by atoms with Crippen molar-refractivity contribution in [3.63, 3.8) is 0 Å². The van der Waals surface area contributed by atoms with Crippen LogP contribution in [0.1, 0.15) is 44.2 Å². The van der Waals surface area contributed by atoms with E-state index in [4.69, 9.17) is 0 Å². The van der Waals surface area contributed by atoms with Crippen LogP contribution in [0.5, 0.6) is 0 Å². The van der Waals surface area contributed by atoms with Gasteiger partial charge in [0.1, 0.15) is 0 Å². The molecule has 1 atom stereocenters. The van der Waals surface area contributed by atoms with Crippen LogP contribution >= 0.6 is 0 Å². The molecule has 0 saturated heterocycles. The van der Waals surface area contributed by atoms with Crippen LogP contribution in [0.4, 0.5) is 0 Å². The van der Waals surface area contributed by atoms with Crippen molar-refractivity contribution in [2.45, 2.75) is 38.6 Å². The zero-order valence-electron chi connectivity index (χ0n) is 12.5. The minimum Gasteiger partial charge on any atom is -0.313 e. The lowest BCUT2D eigenvalue weighted by Crippen LogP contribution is -2.28. The SMILES string of the molecule is CNC(c1cccc2ncccc12)C1CCC(C)CC1. The largest absolute Gasteiger partial charge is 0.313 e. The van der Waals surface area contributed by atoms with Gasteiger partial charge in [0.05, 0.1) is 5.52 Å². The fraction of sp³-hybridized carbons (Fsp3) is 0.500. The molecule has 20 heavy (non-hydrogen) atoms. The molecule has 1 saturated carbocycles. The highest BCUT2D eigenvalue weighted by atomic mass is 14.9. The summed E-state index contributed by atoms with van der Waals surface area (Å²) in [5.74, 6) is 1.65. The maximum Gasteiger partial charge on any atom is 0.0705 e. The second-order valence-corrected chi connectivity index (χ2v) is 6.20. The molecule has 2 aromatic rings. The predicted molar refractivity (Wildman–Crippen MR) is 84.7 cm³/mol. The zero-order chi connectivity index (χ0) is 13.9. The molecule has 2 nitrogen and oxygen atoms in total. The van der Waals surface area contributed by atoms with Gasteiger partial charge in [-0.2, -0.15) is 0 Å². The fourth-order valence-corrected chi connectivity index (χ4v) is 3.66. The number of fused-ring (bicyclic) bond motifs is 1. The molecule has 1 aliphatic carbocycles. The fourth-order valence-electron chi connectivity index (χ4n) is 3.66. The van der Waals surface area contributed by atoms with Crippen LogP contribution in [-0.2, 0) is 0 Å². The third kappa shape index (κ3) is 2.57. The van der Waals surface area contributed by atoms with Crippen LogP contribution < -0.4 is 5.32 Å². The second-order valence-electron chi connectivity index (χ2n) is 6.20. The lowest BCUT2D eigenvalue weighted by molar-refractivity contribution is 0.239. The molecule has 3 rings (SSSR count). The first-order valence-electron chi connectivity index (χ1n) is 7.80. The lowest BCUT2D eigenvalue weighted by atomic mass is 9.77. The van der Waals surface area contributed by atoms with Gasteiger partial charge >= 0.3 is 0 Å². The summed E-state index contributed by atoms with van der Waals surface area (Å²) in [7, 11) is 2.10. The first kappa shape index (κ1) is 13.6. The number of pyridine rings is 1. The molecular weight excluding hydrogens is 244 g/mol. The number of nitrogens with zero attached hydrogens (tertiary/aromatic N) is 1. The van der Waals surface area contributed by atoms with E-state index in [1.54, 1.807) is 0 Å². The van der Waals surface area contributed by atoms with Crippen LogP contribution in [-0.4, -0.2) is 12.0 Å². The average molecular weight is 268 g/mol. The summed E-state index contributed by atoms with van der Waals surface area (Å²) in [4.78, 5) is 4.49. The minimum atomic E-state index is 0.454. The number of aromatic nitrogens is 1. The van der Waals surface area contributed by atoms with Gasteiger partial charge in [0.25, 0.3) is 0 Å². The zero-order valence-corrected chi connectivity index (χ0v) is 12.5. The van der Waals surface area contributed by atoms with Crippen LogP contribution in [0.15, 0.2) is 36.5 Å². The molecule has 1 N–H and O–H groups in total. The van der Waals surface area contributed by atoms with Gasteiger partial charge in [0, 0.05) is 17.6 Å². The first-order chi connectivity index (χ1) is 9.79. The van der Waals surface area contributed by atoms with Crippen LogP contribution in [0, 0.1) is 11.8 Å². The van der Waals surface area contributed by atoms with Crippen molar-refractivity contribution in [2.75, 3.05) is 7.05 Å². The molecule has 1 aliphatic rings. The Morgan fingerprint density at radius 2 is 1.90 bits per heavy atom. The van der Waals surface area contributed by atoms with Crippen LogP contribution in [0.25, 0.3) is 10.9 Å². The minimum absolute atomic E-state index is 0.454. The Morgan fingerprint density at radius 3 is 2.65 bits per heavy atom. The molecule has 1 aromatic heterocycles. The third-order valence-electron chi connectivity index (χ3n) is 4.86. The van der Waals surface area contributed by atoms with Gasteiger partial charge < -0.3 is 5.32 Å². The summed E-state index contributed by atoms with van der Waals surface area (Å²) in [5.41, 5.74) is 2.52. The molecule has 0 spiro atoms. The van der Waals surface area contributed by atoms with E-state index in [1.807, 2.05) is 12.3 Å². The molecule has 1 heterocycles. The molecule has 2 heteroatoms. The highest BCUT2D eigenvalue weighted by molar-refractivity contribution is 5.82. The summed E-state index contributed by atoms with van der Waals surface area (Å²) >= 11 is 0. The molecule has 0 aliphatic heterocycles. The van der Waals surface area contributed by atoms with Crippen LogP contribution in [0.2, 0.25) is 0 Å². The molecular formula is C18H24N2. The summed E-state index contributed by atoms with van der Waals surface area (Å²) in [5, 5.41) is 4.87. The van der Waals surface area contributed by atoms with Crippen molar-refractivity contribution in [1.82, 2.24) is 10.3 Å². The summed E-state index contributed by atoms with van der Waals surface area (Å²) in [6, 6.07) is 11.2. The average Bonchev–Trinajstić information content (AvgIpc) is 2.50. The Morgan fingerprint density at radius 1 is 1.10 bits per heavy atom. The normalized spacial score (nSPS) is 24.7. The molecule has 1 unspecified atom stereocenters. The van der Waals surface area contributed by atoms with Gasteiger partial charge in [0.2, 0.25) is 0 Å². The van der Waals surface area contributed by atoms with E-state index in [0.29, 0.717) is 6.04 Å². The van der Waals surface area contributed by atoms with Crippen molar-refractivity contribution in [1.29, 1.82) is 0 Å². The lowest BCUT2D eigenvalue weighted by Gasteiger charge is -2.33. The Kier molecular flexibility index (Phi) is 4.02. The van der Waals surface area contributed by atoms with Gasteiger partial charge in [-0.1, -0.05) is 38.0 Å². The number of hydrogen-bond donors (Lipinski definition) is 1. The molecule has 0 radical (unpaired) electrons. The number of benzene rings is 1. The van der Waals surface area contributed by atoms with Gasteiger partial charge in [-0.05, 0) is 49.4 Å². The quantitative estimate of drug-likeness (QED) is 0.896.